The van der Waals surface area contributed by atoms with Gasteiger partial charge in [0.1, 0.15) is 18.2 Å². The van der Waals surface area contributed by atoms with Crippen molar-refractivity contribution in [2.45, 2.75) is 19.7 Å². The van der Waals surface area contributed by atoms with E-state index in [1.807, 2.05) is 48.5 Å². The summed E-state index contributed by atoms with van der Waals surface area (Å²) in [4.78, 5) is 0. The van der Waals surface area contributed by atoms with Gasteiger partial charge in [-0.2, -0.15) is 0 Å². The van der Waals surface area contributed by atoms with Crippen molar-refractivity contribution in [2.75, 3.05) is 0 Å². The lowest BCUT2D eigenvalue weighted by Crippen LogP contribution is -2.13. The second kappa shape index (κ2) is 10.2. The minimum Gasteiger partial charge on any atom is -0.489 e. The highest BCUT2D eigenvalue weighted by molar-refractivity contribution is 6.30. The fraction of sp³-hybridized carbons (Fsp3) is 0.143. The molecule has 0 aromatic heterocycles. The summed E-state index contributed by atoms with van der Waals surface area (Å²) in [6.07, 6.45) is 0. The minimum absolute atomic E-state index is 0. The Balaban J connectivity index is 0.00000243. The molecule has 136 valence electrons. The smallest absolute Gasteiger partial charge is 0.124 e. The van der Waals surface area contributed by atoms with Crippen LogP contribution in [0.4, 0.5) is 4.39 Å². The van der Waals surface area contributed by atoms with Crippen LogP contribution >= 0.6 is 24.0 Å². The number of hydrogen-bond donors (Lipinski definition) is 1. The highest BCUT2D eigenvalue weighted by Crippen LogP contribution is 2.20. The lowest BCUT2D eigenvalue weighted by molar-refractivity contribution is 0.302. The number of nitrogens with one attached hydrogen (secondary N) is 1. The first-order chi connectivity index (χ1) is 12.2. The molecular weight excluding hydrogens is 372 g/mol. The predicted octanol–water partition coefficient (Wildman–Crippen LogP) is 5.77. The molecule has 0 saturated heterocycles. The zero-order valence-corrected chi connectivity index (χ0v) is 15.7. The van der Waals surface area contributed by atoms with Crippen LogP contribution in [-0.4, -0.2) is 0 Å². The van der Waals surface area contributed by atoms with Crippen LogP contribution in [0.2, 0.25) is 5.02 Å². The molecule has 1 N–H and O–H groups in total. The number of rotatable bonds is 7. The molecule has 0 aliphatic rings. The van der Waals surface area contributed by atoms with E-state index in [1.54, 1.807) is 12.1 Å². The van der Waals surface area contributed by atoms with Crippen molar-refractivity contribution >= 4 is 24.0 Å². The van der Waals surface area contributed by atoms with Crippen molar-refractivity contribution in [1.82, 2.24) is 5.32 Å². The first-order valence-electron chi connectivity index (χ1n) is 8.11. The average Bonchev–Trinajstić information content (AvgIpc) is 2.64. The van der Waals surface area contributed by atoms with E-state index >= 15 is 0 Å². The summed E-state index contributed by atoms with van der Waals surface area (Å²) in [6, 6.07) is 22.1. The number of para-hydroxylation sites is 1. The third-order valence-electron chi connectivity index (χ3n) is 3.84. The van der Waals surface area contributed by atoms with Gasteiger partial charge < -0.3 is 10.1 Å². The van der Waals surface area contributed by atoms with Gasteiger partial charge in [0.05, 0.1) is 0 Å². The molecule has 2 nitrogen and oxygen atoms in total. The van der Waals surface area contributed by atoms with E-state index in [-0.39, 0.29) is 18.2 Å². The van der Waals surface area contributed by atoms with Gasteiger partial charge in [0, 0.05) is 23.7 Å². The molecule has 0 amide bonds. The third-order valence-corrected chi connectivity index (χ3v) is 4.09. The number of halogens is 3. The maximum absolute atomic E-state index is 12.9. The molecule has 3 aromatic carbocycles. The predicted molar refractivity (Wildman–Crippen MR) is 106 cm³/mol. The van der Waals surface area contributed by atoms with Gasteiger partial charge in [0.2, 0.25) is 0 Å². The van der Waals surface area contributed by atoms with Gasteiger partial charge in [-0.15, -0.1) is 12.4 Å². The van der Waals surface area contributed by atoms with Gasteiger partial charge in [-0.3, -0.25) is 0 Å². The van der Waals surface area contributed by atoms with Crippen molar-refractivity contribution in [3.8, 4) is 5.75 Å². The van der Waals surface area contributed by atoms with E-state index in [1.165, 1.54) is 12.1 Å². The molecule has 0 aliphatic heterocycles. The van der Waals surface area contributed by atoms with Gasteiger partial charge in [-0.25, -0.2) is 4.39 Å². The summed E-state index contributed by atoms with van der Waals surface area (Å²) >= 11 is 5.90. The standard InChI is InChI=1S/C21H19ClFNO.ClH/c22-19-9-5-17(6-10-19)15-25-21-4-2-1-3-18(21)14-24-13-16-7-11-20(23)12-8-16;/h1-12,24H,13-15H2;1H. The van der Waals surface area contributed by atoms with Crippen LogP contribution < -0.4 is 10.1 Å². The largest absolute Gasteiger partial charge is 0.489 e. The molecule has 0 spiro atoms. The second-order valence-corrected chi connectivity index (χ2v) is 6.19. The monoisotopic (exact) mass is 391 g/mol. The quantitative estimate of drug-likeness (QED) is 0.551. The maximum atomic E-state index is 12.9. The Hall–Kier alpha value is -2.07. The topological polar surface area (TPSA) is 21.3 Å². The molecule has 3 rings (SSSR count). The van der Waals surface area contributed by atoms with E-state index < -0.39 is 0 Å². The van der Waals surface area contributed by atoms with E-state index in [9.17, 15) is 4.39 Å². The van der Waals surface area contributed by atoms with Crippen LogP contribution in [0.3, 0.4) is 0 Å². The summed E-state index contributed by atoms with van der Waals surface area (Å²) in [6.45, 7) is 1.84. The van der Waals surface area contributed by atoms with Gasteiger partial charge in [0.15, 0.2) is 0 Å². The van der Waals surface area contributed by atoms with Crippen LogP contribution in [0.15, 0.2) is 72.8 Å². The Kier molecular flexibility index (Phi) is 7.92. The number of hydrogen-bond acceptors (Lipinski definition) is 2. The van der Waals surface area contributed by atoms with E-state index in [2.05, 4.69) is 5.32 Å². The Morgan fingerprint density at radius 2 is 1.46 bits per heavy atom. The Labute approximate surface area is 164 Å². The lowest BCUT2D eigenvalue weighted by atomic mass is 10.1. The molecule has 0 heterocycles. The first-order valence-corrected chi connectivity index (χ1v) is 8.49. The van der Waals surface area contributed by atoms with Gasteiger partial charge in [-0.05, 0) is 41.5 Å². The summed E-state index contributed by atoms with van der Waals surface area (Å²) in [7, 11) is 0. The van der Waals surface area contributed by atoms with Crippen molar-refractivity contribution < 1.29 is 9.13 Å². The summed E-state index contributed by atoms with van der Waals surface area (Å²) in [5, 5.41) is 4.08. The second-order valence-electron chi connectivity index (χ2n) is 5.75. The maximum Gasteiger partial charge on any atom is 0.124 e. The normalized spacial score (nSPS) is 10.2. The number of benzene rings is 3. The number of ether oxygens (including phenoxy) is 1. The van der Waals surface area contributed by atoms with E-state index in [0.717, 1.165) is 22.4 Å². The zero-order chi connectivity index (χ0) is 17.5. The fourth-order valence-corrected chi connectivity index (χ4v) is 2.60. The van der Waals surface area contributed by atoms with Crippen LogP contribution in [0.25, 0.3) is 0 Å². The van der Waals surface area contributed by atoms with Gasteiger partial charge in [0.25, 0.3) is 0 Å². The molecule has 3 aromatic rings. The average molecular weight is 392 g/mol. The summed E-state index contributed by atoms with van der Waals surface area (Å²) in [5.74, 6) is 0.633. The van der Waals surface area contributed by atoms with Crippen molar-refractivity contribution in [1.29, 1.82) is 0 Å². The Morgan fingerprint density at radius 1 is 0.808 bits per heavy atom. The van der Waals surface area contributed by atoms with Gasteiger partial charge >= 0.3 is 0 Å². The minimum atomic E-state index is -0.218. The van der Waals surface area contributed by atoms with Crippen molar-refractivity contribution in [2.24, 2.45) is 0 Å². The van der Waals surface area contributed by atoms with Crippen LogP contribution in [0, 0.1) is 5.82 Å². The van der Waals surface area contributed by atoms with Crippen LogP contribution in [-0.2, 0) is 19.7 Å². The van der Waals surface area contributed by atoms with E-state index in [0.29, 0.717) is 24.7 Å². The van der Waals surface area contributed by atoms with Crippen LogP contribution in [0.5, 0.6) is 5.75 Å². The van der Waals surface area contributed by atoms with Gasteiger partial charge in [-0.1, -0.05) is 54.1 Å². The summed E-state index contributed by atoms with van der Waals surface area (Å²) < 4.78 is 18.9. The Morgan fingerprint density at radius 3 is 2.19 bits per heavy atom. The van der Waals surface area contributed by atoms with E-state index in [4.69, 9.17) is 16.3 Å². The Bertz CT molecular complexity index is 807. The molecule has 0 saturated carbocycles. The molecular formula is C21H20Cl2FNO. The highest BCUT2D eigenvalue weighted by Gasteiger charge is 2.04. The van der Waals surface area contributed by atoms with Crippen molar-refractivity contribution in [3.05, 3.63) is 100 Å². The molecule has 0 aliphatic carbocycles. The molecule has 26 heavy (non-hydrogen) atoms. The molecule has 0 atom stereocenters. The molecule has 0 fully saturated rings. The highest BCUT2D eigenvalue weighted by atomic mass is 35.5. The first kappa shape index (κ1) is 20.2. The summed E-state index contributed by atoms with van der Waals surface area (Å²) in [5.41, 5.74) is 3.19. The molecule has 0 unspecified atom stereocenters. The third kappa shape index (κ3) is 6.03. The zero-order valence-electron chi connectivity index (χ0n) is 14.1. The van der Waals surface area contributed by atoms with Crippen molar-refractivity contribution in [3.63, 3.8) is 0 Å². The molecule has 0 bridgehead atoms. The molecule has 0 radical (unpaired) electrons. The van der Waals surface area contributed by atoms with Crippen LogP contribution in [0.1, 0.15) is 16.7 Å². The SMILES string of the molecule is Cl.Fc1ccc(CNCc2ccccc2OCc2ccc(Cl)cc2)cc1. The molecule has 5 heteroatoms. The fourth-order valence-electron chi connectivity index (χ4n) is 2.48. The lowest BCUT2D eigenvalue weighted by Gasteiger charge is -2.12.